The number of hydrogen-bond donors (Lipinski definition) is 0. The third-order valence-electron chi connectivity index (χ3n) is 3.73. The Morgan fingerprint density at radius 3 is 1.85 bits per heavy atom. The van der Waals surface area contributed by atoms with E-state index in [1.54, 1.807) is 24.3 Å². The van der Waals surface area contributed by atoms with Crippen LogP contribution in [0.25, 0.3) is 6.08 Å². The first-order chi connectivity index (χ1) is 12.8. The number of rotatable bonds is 8. The lowest BCUT2D eigenvalue weighted by atomic mass is 10.1. The molecule has 3 aromatic rings. The van der Waals surface area contributed by atoms with Crippen molar-refractivity contribution in [2.24, 2.45) is 0 Å². The van der Waals surface area contributed by atoms with Crippen LogP contribution in [-0.2, 0) is 0 Å². The third kappa shape index (κ3) is 5.35. The molecule has 0 fully saturated rings. The summed E-state index contributed by atoms with van der Waals surface area (Å²) in [5, 5.41) is 0. The van der Waals surface area contributed by atoms with Crippen LogP contribution in [0.1, 0.15) is 15.9 Å². The maximum atomic E-state index is 12.1. The van der Waals surface area contributed by atoms with Crippen LogP contribution in [0, 0.1) is 0 Å². The van der Waals surface area contributed by atoms with Crippen molar-refractivity contribution in [3.05, 3.63) is 102 Å². The van der Waals surface area contributed by atoms with Gasteiger partial charge in [-0.1, -0.05) is 66.7 Å². The van der Waals surface area contributed by atoms with Crippen molar-refractivity contribution in [2.75, 3.05) is 13.2 Å². The maximum absolute atomic E-state index is 12.1. The number of allylic oxidation sites excluding steroid dienone is 1. The van der Waals surface area contributed by atoms with Crippen molar-refractivity contribution in [3.63, 3.8) is 0 Å². The van der Waals surface area contributed by atoms with Crippen molar-refractivity contribution in [3.8, 4) is 11.5 Å². The van der Waals surface area contributed by atoms with E-state index < -0.39 is 0 Å². The molecule has 0 heterocycles. The quantitative estimate of drug-likeness (QED) is 0.326. The average molecular weight is 344 g/mol. The number of ketones is 1. The molecule has 0 aliphatic rings. The number of hydrogen-bond acceptors (Lipinski definition) is 3. The molecule has 0 radical (unpaired) electrons. The van der Waals surface area contributed by atoms with Crippen LogP contribution in [0.2, 0.25) is 0 Å². The Balaban J connectivity index is 1.46. The highest BCUT2D eigenvalue weighted by Crippen LogP contribution is 2.14. The Morgan fingerprint density at radius 1 is 0.692 bits per heavy atom. The van der Waals surface area contributed by atoms with Gasteiger partial charge >= 0.3 is 0 Å². The van der Waals surface area contributed by atoms with E-state index in [9.17, 15) is 4.79 Å². The summed E-state index contributed by atoms with van der Waals surface area (Å²) in [5.41, 5.74) is 1.63. The zero-order valence-electron chi connectivity index (χ0n) is 14.4. The van der Waals surface area contributed by atoms with E-state index in [1.807, 2.05) is 72.8 Å². The lowest BCUT2D eigenvalue weighted by Crippen LogP contribution is -2.08. The highest BCUT2D eigenvalue weighted by molar-refractivity contribution is 6.06. The molecule has 0 unspecified atom stereocenters. The molecule has 3 heteroatoms. The Kier molecular flexibility index (Phi) is 6.21. The van der Waals surface area contributed by atoms with Gasteiger partial charge in [0.15, 0.2) is 5.78 Å². The molecule has 3 rings (SSSR count). The zero-order chi connectivity index (χ0) is 18.0. The second-order valence-corrected chi connectivity index (χ2v) is 5.64. The van der Waals surface area contributed by atoms with Crippen LogP contribution in [0.4, 0.5) is 0 Å². The molecule has 26 heavy (non-hydrogen) atoms. The van der Waals surface area contributed by atoms with Gasteiger partial charge in [0, 0.05) is 5.56 Å². The van der Waals surface area contributed by atoms with E-state index in [0.717, 1.165) is 17.1 Å². The molecule has 0 N–H and O–H groups in total. The zero-order valence-corrected chi connectivity index (χ0v) is 14.4. The van der Waals surface area contributed by atoms with Crippen LogP contribution in [0.5, 0.6) is 11.5 Å². The number of para-hydroxylation sites is 1. The minimum Gasteiger partial charge on any atom is -0.490 e. The van der Waals surface area contributed by atoms with Gasteiger partial charge in [-0.15, -0.1) is 0 Å². The molecule has 3 aromatic carbocycles. The first-order valence-corrected chi connectivity index (χ1v) is 8.49. The summed E-state index contributed by atoms with van der Waals surface area (Å²) in [6.07, 6.45) is 3.39. The smallest absolute Gasteiger partial charge is 0.185 e. The lowest BCUT2D eigenvalue weighted by Gasteiger charge is -2.08. The third-order valence-corrected chi connectivity index (χ3v) is 3.73. The van der Waals surface area contributed by atoms with Crippen molar-refractivity contribution in [1.29, 1.82) is 0 Å². The summed E-state index contributed by atoms with van der Waals surface area (Å²) >= 11 is 0. The van der Waals surface area contributed by atoms with Crippen LogP contribution in [0.3, 0.4) is 0 Å². The molecule has 0 atom stereocenters. The van der Waals surface area contributed by atoms with Crippen LogP contribution in [-0.4, -0.2) is 19.0 Å². The molecule has 0 saturated carbocycles. The monoisotopic (exact) mass is 344 g/mol. The van der Waals surface area contributed by atoms with Gasteiger partial charge in [-0.05, 0) is 35.9 Å². The van der Waals surface area contributed by atoms with E-state index >= 15 is 0 Å². The Hall–Kier alpha value is -3.33. The van der Waals surface area contributed by atoms with E-state index in [-0.39, 0.29) is 5.78 Å². The molecule has 0 aromatic heterocycles. The predicted octanol–water partition coefficient (Wildman–Crippen LogP) is 5.04. The Morgan fingerprint density at radius 2 is 1.23 bits per heavy atom. The molecule has 0 bridgehead atoms. The molecule has 3 nitrogen and oxygen atoms in total. The van der Waals surface area contributed by atoms with Crippen LogP contribution in [0.15, 0.2) is 91.0 Å². The minimum absolute atomic E-state index is 0.0102. The van der Waals surface area contributed by atoms with Gasteiger partial charge in [0.2, 0.25) is 0 Å². The molecular formula is C23H20O3. The van der Waals surface area contributed by atoms with Crippen molar-refractivity contribution in [2.45, 2.75) is 0 Å². The predicted molar refractivity (Wildman–Crippen MR) is 104 cm³/mol. The van der Waals surface area contributed by atoms with Gasteiger partial charge in [0.25, 0.3) is 0 Å². The van der Waals surface area contributed by atoms with Gasteiger partial charge in [-0.25, -0.2) is 0 Å². The molecular weight excluding hydrogens is 324 g/mol. The number of ether oxygens (including phenoxy) is 2. The first-order valence-electron chi connectivity index (χ1n) is 8.49. The Labute approximate surface area is 153 Å². The fourth-order valence-corrected chi connectivity index (χ4v) is 2.38. The van der Waals surface area contributed by atoms with Crippen LogP contribution < -0.4 is 9.47 Å². The highest BCUT2D eigenvalue weighted by atomic mass is 16.5. The fourth-order valence-electron chi connectivity index (χ4n) is 2.38. The average Bonchev–Trinajstić information content (AvgIpc) is 2.72. The molecule has 0 aliphatic carbocycles. The van der Waals surface area contributed by atoms with E-state index in [1.165, 1.54) is 0 Å². The van der Waals surface area contributed by atoms with Gasteiger partial charge < -0.3 is 9.47 Å². The molecule has 130 valence electrons. The summed E-state index contributed by atoms with van der Waals surface area (Å²) < 4.78 is 11.2. The second kappa shape index (κ2) is 9.23. The van der Waals surface area contributed by atoms with Gasteiger partial charge in [-0.2, -0.15) is 0 Å². The summed E-state index contributed by atoms with van der Waals surface area (Å²) in [6, 6.07) is 26.5. The second-order valence-electron chi connectivity index (χ2n) is 5.64. The SMILES string of the molecule is O=C(/C=C/c1ccc(OCCOc2ccccc2)cc1)c1ccccc1. The standard InChI is InChI=1S/C23H20O3/c24-23(20-7-3-1-4-8-20)16-13-19-11-14-22(15-12-19)26-18-17-25-21-9-5-2-6-10-21/h1-16H,17-18H2/b16-13+. The topological polar surface area (TPSA) is 35.5 Å². The van der Waals surface area contributed by atoms with Gasteiger partial charge in [0.05, 0.1) is 0 Å². The van der Waals surface area contributed by atoms with Crippen molar-refractivity contribution < 1.29 is 14.3 Å². The van der Waals surface area contributed by atoms with E-state index in [4.69, 9.17) is 9.47 Å². The number of carbonyl (C=O) groups excluding carboxylic acids is 1. The maximum Gasteiger partial charge on any atom is 0.185 e. The van der Waals surface area contributed by atoms with Crippen molar-refractivity contribution >= 4 is 11.9 Å². The normalized spacial score (nSPS) is 10.6. The van der Waals surface area contributed by atoms with E-state index in [0.29, 0.717) is 18.8 Å². The lowest BCUT2D eigenvalue weighted by molar-refractivity contribution is 0.104. The Bertz CT molecular complexity index is 838. The molecule has 0 saturated heterocycles. The summed E-state index contributed by atoms with van der Waals surface area (Å²) in [4.78, 5) is 12.1. The number of carbonyl (C=O) groups is 1. The highest BCUT2D eigenvalue weighted by Gasteiger charge is 2.00. The minimum atomic E-state index is -0.0102. The largest absolute Gasteiger partial charge is 0.490 e. The number of benzene rings is 3. The van der Waals surface area contributed by atoms with Gasteiger partial charge in [0.1, 0.15) is 24.7 Å². The molecule has 0 aliphatic heterocycles. The van der Waals surface area contributed by atoms with Crippen LogP contribution >= 0.6 is 0 Å². The van der Waals surface area contributed by atoms with E-state index in [2.05, 4.69) is 0 Å². The molecule has 0 spiro atoms. The fraction of sp³-hybridized carbons (Fsp3) is 0.0870. The summed E-state index contributed by atoms with van der Waals surface area (Å²) in [5.74, 6) is 1.59. The van der Waals surface area contributed by atoms with Gasteiger partial charge in [-0.3, -0.25) is 4.79 Å². The van der Waals surface area contributed by atoms with Crippen molar-refractivity contribution in [1.82, 2.24) is 0 Å². The molecule has 0 amide bonds. The first kappa shape index (κ1) is 17.5. The summed E-state index contributed by atoms with van der Waals surface area (Å²) in [6.45, 7) is 0.952. The summed E-state index contributed by atoms with van der Waals surface area (Å²) in [7, 11) is 0.